The van der Waals surface area contributed by atoms with Crippen LogP contribution >= 0.6 is 0 Å². The normalized spacial score (nSPS) is 16.5. The van der Waals surface area contributed by atoms with Gasteiger partial charge in [0.1, 0.15) is 29.3 Å². The number of amides is 2. The molecule has 1 aliphatic heterocycles. The van der Waals surface area contributed by atoms with Gasteiger partial charge in [-0.05, 0) is 68.4 Å². The highest BCUT2D eigenvalue weighted by molar-refractivity contribution is 5.96. The topological polar surface area (TPSA) is 120 Å². The summed E-state index contributed by atoms with van der Waals surface area (Å²) in [4.78, 5) is 49.2. The van der Waals surface area contributed by atoms with Crippen molar-refractivity contribution < 1.29 is 23.9 Å². The van der Waals surface area contributed by atoms with Gasteiger partial charge >= 0.3 is 6.09 Å². The summed E-state index contributed by atoms with van der Waals surface area (Å²) in [5.41, 5.74) is 5.68. The average Bonchev–Trinajstić information content (AvgIpc) is 3.76. The molecule has 236 valence electrons. The average molecular weight is 621 g/mol. The second kappa shape index (κ2) is 12.3. The van der Waals surface area contributed by atoms with Crippen LogP contribution in [0.4, 0.5) is 4.79 Å². The number of carbonyl (C=O) groups excluding carboxylic acids is 3. The molecular weight excluding hydrogens is 584 g/mol. The van der Waals surface area contributed by atoms with Crippen molar-refractivity contribution in [3.63, 3.8) is 0 Å². The molecule has 5 aromatic rings. The summed E-state index contributed by atoms with van der Waals surface area (Å²) in [5, 5.41) is 3.87. The lowest BCUT2D eigenvalue weighted by molar-refractivity contribution is 0.0682. The standard InChI is InChI=1S/C35H36N6O5/c1-22-32(29-15-25-12-13-28(20-42)36-33(25)40(29)18-23-10-11-23)38-30-16-26(17-31(45-2)41(22)30)34(43)39-14-6-9-27(19-39)37-35(44)46-21-24-7-4-3-5-8-24/h3-5,7-8,12-13,15-17,20,23,27H,6,9-11,14,18-19,21H2,1-2H3,(H,37,44)/t27-/m1/s1. The molecule has 1 atom stereocenters. The molecule has 0 bridgehead atoms. The molecule has 7 rings (SSSR count). The highest BCUT2D eigenvalue weighted by Gasteiger charge is 2.29. The van der Waals surface area contributed by atoms with E-state index in [0.717, 1.165) is 72.2 Å². The molecular formula is C35H36N6O5. The van der Waals surface area contributed by atoms with Crippen molar-refractivity contribution in [3.8, 4) is 17.3 Å². The summed E-state index contributed by atoms with van der Waals surface area (Å²) in [5.74, 6) is 0.917. The van der Waals surface area contributed by atoms with Gasteiger partial charge in [0.15, 0.2) is 12.2 Å². The van der Waals surface area contributed by atoms with Crippen LogP contribution in [0.15, 0.2) is 60.7 Å². The molecule has 46 heavy (non-hydrogen) atoms. The Morgan fingerprint density at radius 1 is 1.04 bits per heavy atom. The van der Waals surface area contributed by atoms with Gasteiger partial charge in [-0.3, -0.25) is 14.0 Å². The van der Waals surface area contributed by atoms with Crippen LogP contribution in [0.3, 0.4) is 0 Å². The van der Waals surface area contributed by atoms with Crippen molar-refractivity contribution in [2.24, 2.45) is 5.92 Å². The van der Waals surface area contributed by atoms with E-state index in [-0.39, 0.29) is 18.6 Å². The van der Waals surface area contributed by atoms with Gasteiger partial charge in [0.25, 0.3) is 5.91 Å². The SMILES string of the molecule is COc1cc(C(=O)N2CCC[C@@H](NC(=O)OCc3ccccc3)C2)cc2nc(-c3cc4ccc(C=O)nc4n3CC3CC3)c(C)n12. The molecule has 11 heteroatoms. The number of nitrogens with zero attached hydrogens (tertiary/aromatic N) is 5. The Kier molecular flexibility index (Phi) is 7.90. The van der Waals surface area contributed by atoms with E-state index < -0.39 is 6.09 Å². The first-order valence-electron chi connectivity index (χ1n) is 15.7. The molecule has 1 aromatic carbocycles. The fourth-order valence-corrected chi connectivity index (χ4v) is 6.33. The van der Waals surface area contributed by atoms with Gasteiger partial charge < -0.3 is 24.3 Å². The quantitative estimate of drug-likeness (QED) is 0.219. The Balaban J connectivity index is 1.14. The Hall–Kier alpha value is -5.19. The Labute approximate surface area is 266 Å². The fourth-order valence-electron chi connectivity index (χ4n) is 6.33. The molecule has 1 saturated carbocycles. The number of benzene rings is 1. The zero-order chi connectivity index (χ0) is 31.8. The Morgan fingerprint density at radius 2 is 1.87 bits per heavy atom. The number of aromatic nitrogens is 4. The Morgan fingerprint density at radius 3 is 2.63 bits per heavy atom. The van der Waals surface area contributed by atoms with Crippen molar-refractivity contribution >= 4 is 35.0 Å². The number of imidazole rings is 1. The number of methoxy groups -OCH3 is 1. The van der Waals surface area contributed by atoms with Crippen LogP contribution in [0, 0.1) is 12.8 Å². The van der Waals surface area contributed by atoms with Gasteiger partial charge in [-0.1, -0.05) is 30.3 Å². The van der Waals surface area contributed by atoms with Crippen LogP contribution in [-0.4, -0.2) is 68.4 Å². The first-order valence-corrected chi connectivity index (χ1v) is 15.7. The molecule has 4 aromatic heterocycles. The molecule has 0 radical (unpaired) electrons. The molecule has 0 unspecified atom stereocenters. The highest BCUT2D eigenvalue weighted by atomic mass is 16.5. The smallest absolute Gasteiger partial charge is 0.407 e. The minimum Gasteiger partial charge on any atom is -0.482 e. The van der Waals surface area contributed by atoms with Crippen LogP contribution < -0.4 is 10.1 Å². The van der Waals surface area contributed by atoms with E-state index in [9.17, 15) is 14.4 Å². The molecule has 5 heterocycles. The van der Waals surface area contributed by atoms with Gasteiger partial charge in [0, 0.05) is 42.7 Å². The van der Waals surface area contributed by atoms with E-state index >= 15 is 0 Å². The summed E-state index contributed by atoms with van der Waals surface area (Å²) in [6, 6.07) is 18.6. The predicted octanol–water partition coefficient (Wildman–Crippen LogP) is 5.42. The third kappa shape index (κ3) is 5.80. The number of alkyl carbamates (subject to hydrolysis) is 1. The van der Waals surface area contributed by atoms with Crippen LogP contribution in [-0.2, 0) is 17.9 Å². The van der Waals surface area contributed by atoms with Gasteiger partial charge in [-0.2, -0.15) is 0 Å². The summed E-state index contributed by atoms with van der Waals surface area (Å²) in [7, 11) is 1.58. The number of nitrogens with one attached hydrogen (secondary N) is 1. The molecule has 1 N–H and O–H groups in total. The van der Waals surface area contributed by atoms with E-state index in [1.54, 1.807) is 30.2 Å². The lowest BCUT2D eigenvalue weighted by Crippen LogP contribution is -2.49. The van der Waals surface area contributed by atoms with Crippen molar-refractivity contribution in [2.75, 3.05) is 20.2 Å². The summed E-state index contributed by atoms with van der Waals surface area (Å²) in [6.07, 6.45) is 4.12. The number of ether oxygens (including phenoxy) is 2. The number of likely N-dealkylation sites (tertiary alicyclic amines) is 1. The minimum absolute atomic E-state index is 0.152. The second-order valence-electron chi connectivity index (χ2n) is 12.2. The van der Waals surface area contributed by atoms with Gasteiger partial charge in [-0.15, -0.1) is 0 Å². The summed E-state index contributed by atoms with van der Waals surface area (Å²) < 4.78 is 15.3. The number of fused-ring (bicyclic) bond motifs is 2. The first kappa shape index (κ1) is 29.5. The minimum atomic E-state index is -0.497. The van der Waals surface area contributed by atoms with E-state index in [1.807, 2.05) is 47.7 Å². The largest absolute Gasteiger partial charge is 0.482 e. The number of rotatable bonds is 9. The summed E-state index contributed by atoms with van der Waals surface area (Å²) in [6.45, 7) is 3.93. The number of hydrogen-bond acceptors (Lipinski definition) is 7. The predicted molar refractivity (Wildman–Crippen MR) is 172 cm³/mol. The maximum absolute atomic E-state index is 13.8. The van der Waals surface area contributed by atoms with Crippen LogP contribution in [0.5, 0.6) is 5.88 Å². The monoisotopic (exact) mass is 620 g/mol. The lowest BCUT2D eigenvalue weighted by Gasteiger charge is -2.33. The van der Waals surface area contributed by atoms with Crippen molar-refractivity contribution in [1.29, 1.82) is 0 Å². The maximum Gasteiger partial charge on any atom is 0.407 e. The zero-order valence-electron chi connectivity index (χ0n) is 25.9. The van der Waals surface area contributed by atoms with Gasteiger partial charge in [-0.25, -0.2) is 14.8 Å². The Bertz CT molecular complexity index is 1940. The molecule has 2 aliphatic rings. The molecule has 2 fully saturated rings. The number of piperidine rings is 1. The number of hydrogen-bond donors (Lipinski definition) is 1. The lowest BCUT2D eigenvalue weighted by atomic mass is 10.0. The van der Waals surface area contributed by atoms with Crippen LogP contribution in [0.2, 0.25) is 0 Å². The fraction of sp³-hybridized carbons (Fsp3) is 0.343. The number of pyridine rings is 2. The maximum atomic E-state index is 13.8. The van der Waals surface area contributed by atoms with E-state index in [4.69, 9.17) is 14.5 Å². The van der Waals surface area contributed by atoms with Gasteiger partial charge in [0.2, 0.25) is 0 Å². The molecule has 11 nitrogen and oxygen atoms in total. The third-order valence-electron chi connectivity index (χ3n) is 8.88. The molecule has 0 spiro atoms. The number of aldehydes is 1. The van der Waals surface area contributed by atoms with E-state index in [2.05, 4.69) is 20.9 Å². The molecule has 1 saturated heterocycles. The van der Waals surface area contributed by atoms with Crippen LogP contribution in [0.25, 0.3) is 28.1 Å². The van der Waals surface area contributed by atoms with E-state index in [1.165, 1.54) is 0 Å². The zero-order valence-corrected chi connectivity index (χ0v) is 25.9. The van der Waals surface area contributed by atoms with E-state index in [0.29, 0.717) is 41.8 Å². The van der Waals surface area contributed by atoms with Crippen molar-refractivity contribution in [1.82, 2.24) is 29.2 Å². The number of aryl methyl sites for hydroxylation is 1. The number of carbonyl (C=O) groups is 3. The third-order valence-corrected chi connectivity index (χ3v) is 8.88. The van der Waals surface area contributed by atoms with Crippen LogP contribution in [0.1, 0.15) is 57.8 Å². The molecule has 1 aliphatic carbocycles. The second-order valence-corrected chi connectivity index (χ2v) is 12.2. The van der Waals surface area contributed by atoms with Crippen molar-refractivity contribution in [2.45, 2.75) is 51.8 Å². The van der Waals surface area contributed by atoms with Gasteiger partial charge in [0.05, 0.1) is 18.5 Å². The highest BCUT2D eigenvalue weighted by Crippen LogP contribution is 2.37. The summed E-state index contributed by atoms with van der Waals surface area (Å²) >= 11 is 0. The first-order chi connectivity index (χ1) is 22.4. The van der Waals surface area contributed by atoms with Crippen molar-refractivity contribution in [3.05, 3.63) is 83.2 Å². The molecule has 2 amide bonds.